The zero-order valence-electron chi connectivity index (χ0n) is 53.4. The lowest BCUT2D eigenvalue weighted by Crippen LogP contribution is -2.63. The maximum absolute atomic E-state index is 7.75. The summed E-state index contributed by atoms with van der Waals surface area (Å²) in [6.45, 7) is 5.77. The van der Waals surface area contributed by atoms with Crippen molar-refractivity contribution < 1.29 is 9.47 Å². The van der Waals surface area contributed by atoms with Crippen LogP contribution in [-0.2, 0) is 0 Å². The van der Waals surface area contributed by atoms with E-state index in [0.717, 1.165) is 158 Å². The Hall–Kier alpha value is -12.5. The maximum atomic E-state index is 7.75. The summed E-state index contributed by atoms with van der Waals surface area (Å²) in [7, 11) is 0. The van der Waals surface area contributed by atoms with Gasteiger partial charge in [0.25, 0.3) is 13.4 Å². The first-order valence-electron chi connectivity index (χ1n) is 33.2. The number of nitrogens with zero attached hydrogens (tertiary/aromatic N) is 4. The molecule has 0 atom stereocenters. The molecule has 0 unspecified atom stereocenters. The summed E-state index contributed by atoms with van der Waals surface area (Å²) in [5, 5.41) is 0. The first-order valence-corrected chi connectivity index (χ1v) is 33.2. The number of benzene rings is 14. The van der Waals surface area contributed by atoms with E-state index in [1.54, 1.807) is 0 Å². The van der Waals surface area contributed by atoms with E-state index in [0.29, 0.717) is 0 Å². The van der Waals surface area contributed by atoms with Crippen LogP contribution in [0.4, 0.5) is 68.2 Å². The van der Waals surface area contributed by atoms with Crippen LogP contribution in [0.3, 0.4) is 0 Å². The minimum atomic E-state index is -0.250. The molecule has 456 valence electrons. The number of anilines is 12. The van der Waals surface area contributed by atoms with Crippen molar-refractivity contribution in [3.8, 4) is 56.4 Å². The Labute approximate surface area is 567 Å². The van der Waals surface area contributed by atoms with E-state index in [4.69, 9.17) is 9.47 Å². The van der Waals surface area contributed by atoms with Crippen LogP contribution in [0.5, 0.6) is 23.0 Å². The van der Waals surface area contributed by atoms with Crippen molar-refractivity contribution in [3.63, 3.8) is 0 Å². The Morgan fingerprint density at radius 1 is 0.320 bits per heavy atom. The van der Waals surface area contributed by atoms with Crippen LogP contribution >= 0.6 is 0 Å². The maximum Gasteiger partial charge on any atom is 0.256 e. The second-order valence-corrected chi connectivity index (χ2v) is 25.1. The fraction of sp³-hybridized carbons (Fsp3) is 0.0112. The molecule has 6 nitrogen and oxygen atoms in total. The Morgan fingerprint density at radius 2 is 0.691 bits per heavy atom. The molecule has 0 amide bonds. The van der Waals surface area contributed by atoms with Crippen LogP contribution < -0.4 is 61.9 Å². The lowest BCUT2D eigenvalue weighted by atomic mass is 9.31. The third kappa shape index (κ3) is 9.59. The van der Waals surface area contributed by atoms with Gasteiger partial charge in [0.05, 0.1) is 34.1 Å². The van der Waals surface area contributed by atoms with E-state index >= 15 is 0 Å². The zero-order chi connectivity index (χ0) is 64.5. The number of rotatable bonds is 13. The largest absolute Gasteiger partial charge is 0.458 e. The van der Waals surface area contributed by atoms with Crippen molar-refractivity contribution >= 4 is 120 Å². The molecular weight excluding hydrogens is 1180 g/mol. The Morgan fingerprint density at radius 3 is 1.16 bits per heavy atom. The summed E-state index contributed by atoms with van der Waals surface area (Å²) in [5.41, 5.74) is 28.0. The van der Waals surface area contributed by atoms with Crippen molar-refractivity contribution in [2.24, 2.45) is 0 Å². The fourth-order valence-electron chi connectivity index (χ4n) is 15.5. The molecule has 0 radical (unpaired) electrons. The number of ether oxygens (including phenoxy) is 2. The predicted molar refractivity (Wildman–Crippen MR) is 408 cm³/mol. The van der Waals surface area contributed by atoms with Crippen LogP contribution in [0.2, 0.25) is 0 Å². The first kappa shape index (κ1) is 57.2. The molecule has 4 aliphatic heterocycles. The molecule has 0 aromatic heterocycles. The fourth-order valence-corrected chi connectivity index (χ4v) is 15.5. The summed E-state index contributed by atoms with van der Waals surface area (Å²) in [5.74, 6) is 3.03. The number of fused-ring (bicyclic) bond motifs is 8. The van der Waals surface area contributed by atoms with E-state index in [1.165, 1.54) is 10.9 Å². The minimum absolute atomic E-state index is 0.249. The van der Waals surface area contributed by atoms with Gasteiger partial charge in [0.2, 0.25) is 0 Å². The molecule has 0 saturated heterocycles. The lowest BCUT2D eigenvalue weighted by Gasteiger charge is -2.43. The van der Waals surface area contributed by atoms with Crippen LogP contribution in [-0.4, -0.2) is 13.4 Å². The highest BCUT2D eigenvalue weighted by molar-refractivity contribution is 7.02. The standard InChI is InChI=1S/C89H62B2N4O2/c1-3-31-60(2)68-42-19-25-48-76(68)92(64-38-15-7-16-39-64)66-54-82-88-86(56-66)96-84-59-85-75(58-74(84)90(88)72-46-23-29-52-80(72)94(82)78-50-27-21-44-70(78)62-34-11-5-12-35-62)91-73-47-24-30-53-81(73)95(79-51-28-22-45-71(79)63-36-13-6-14-37-63)83-55-67(57-87(97-85)89(83)91)93(65-40-17-8-18-41-65)77-49-26-20-43-69(77)61-32-9-4-10-33-61/h3-59H,1H2,2H3/b60-31+. The van der Waals surface area contributed by atoms with E-state index in [9.17, 15) is 0 Å². The van der Waals surface area contributed by atoms with Gasteiger partial charge in [-0.15, -0.1) is 0 Å². The predicted octanol–water partition coefficient (Wildman–Crippen LogP) is 20.0. The molecule has 4 aliphatic rings. The van der Waals surface area contributed by atoms with Gasteiger partial charge in [0, 0.05) is 74.6 Å². The zero-order valence-corrected chi connectivity index (χ0v) is 53.4. The molecule has 0 bridgehead atoms. The summed E-state index contributed by atoms with van der Waals surface area (Å²) < 4.78 is 15.5. The monoisotopic (exact) mass is 1240 g/mol. The molecule has 14 aromatic rings. The van der Waals surface area contributed by atoms with Gasteiger partial charge in [0.1, 0.15) is 23.0 Å². The van der Waals surface area contributed by atoms with Gasteiger partial charge in [-0.2, -0.15) is 0 Å². The average molecular weight is 1240 g/mol. The Kier molecular flexibility index (Phi) is 14.0. The molecule has 0 N–H and O–H groups in total. The summed E-state index contributed by atoms with van der Waals surface area (Å²) in [6.07, 6.45) is 3.95. The highest BCUT2D eigenvalue weighted by Crippen LogP contribution is 2.52. The van der Waals surface area contributed by atoms with Gasteiger partial charge < -0.3 is 29.1 Å². The van der Waals surface area contributed by atoms with E-state index in [1.807, 2.05) is 6.08 Å². The van der Waals surface area contributed by atoms with Crippen molar-refractivity contribution in [1.29, 1.82) is 0 Å². The van der Waals surface area contributed by atoms with Gasteiger partial charge in [0.15, 0.2) is 0 Å². The van der Waals surface area contributed by atoms with Crippen molar-refractivity contribution in [3.05, 3.63) is 358 Å². The van der Waals surface area contributed by atoms with Gasteiger partial charge in [-0.1, -0.05) is 261 Å². The van der Waals surface area contributed by atoms with Crippen LogP contribution in [0.1, 0.15) is 12.5 Å². The number of para-hydroxylation sites is 8. The molecule has 14 aromatic carbocycles. The van der Waals surface area contributed by atoms with Crippen molar-refractivity contribution in [2.75, 3.05) is 19.6 Å². The first-order chi connectivity index (χ1) is 48.0. The normalized spacial score (nSPS) is 12.8. The molecule has 8 heteroatoms. The van der Waals surface area contributed by atoms with Gasteiger partial charge in [-0.25, -0.2) is 0 Å². The minimum Gasteiger partial charge on any atom is -0.458 e. The topological polar surface area (TPSA) is 31.4 Å². The third-order valence-electron chi connectivity index (χ3n) is 19.6. The Bertz CT molecular complexity index is 5430. The second kappa shape index (κ2) is 23.8. The van der Waals surface area contributed by atoms with Crippen LogP contribution in [0, 0.1) is 0 Å². The smallest absolute Gasteiger partial charge is 0.256 e. The number of allylic oxidation sites excluding steroid dienone is 3. The molecule has 0 spiro atoms. The molecule has 0 aliphatic carbocycles. The van der Waals surface area contributed by atoms with Crippen molar-refractivity contribution in [1.82, 2.24) is 0 Å². The summed E-state index contributed by atoms with van der Waals surface area (Å²) >= 11 is 0. The second-order valence-electron chi connectivity index (χ2n) is 25.1. The highest BCUT2D eigenvalue weighted by atomic mass is 16.5. The van der Waals surface area contributed by atoms with Crippen LogP contribution in [0.25, 0.3) is 39.0 Å². The lowest BCUT2D eigenvalue weighted by molar-refractivity contribution is 0.466. The van der Waals surface area contributed by atoms with E-state index in [2.05, 4.69) is 373 Å². The molecule has 97 heavy (non-hydrogen) atoms. The van der Waals surface area contributed by atoms with E-state index < -0.39 is 0 Å². The van der Waals surface area contributed by atoms with E-state index in [-0.39, 0.29) is 13.4 Å². The van der Waals surface area contributed by atoms with Gasteiger partial charge in [-0.3, -0.25) is 0 Å². The molecule has 0 saturated carbocycles. The van der Waals surface area contributed by atoms with Gasteiger partial charge in [-0.05, 0) is 135 Å². The molecule has 4 heterocycles. The van der Waals surface area contributed by atoms with Gasteiger partial charge >= 0.3 is 0 Å². The number of hydrogen-bond acceptors (Lipinski definition) is 6. The molecular formula is C89H62B2N4O2. The third-order valence-corrected chi connectivity index (χ3v) is 19.6. The summed E-state index contributed by atoms with van der Waals surface area (Å²) in [4.78, 5) is 9.75. The SMILES string of the molecule is C=C/C=C(\C)c1ccccc1N(c1ccccc1)c1cc2c3c(c1)N(c1ccccc1-c1ccccc1)c1ccccc1B3c1cc3c(cc1O2)Oc1cc(N(c2ccccc2)c2ccccc2-c2ccccc2)cc2c1B3c1ccccc1N2c1ccccc1-c1ccccc1. The Balaban J connectivity index is 0.887. The van der Waals surface area contributed by atoms with Crippen molar-refractivity contribution in [2.45, 2.75) is 6.92 Å². The molecule has 18 rings (SSSR count). The average Bonchev–Trinajstić information content (AvgIpc) is 0.698. The number of hydrogen-bond donors (Lipinski definition) is 0. The molecule has 0 fully saturated rings. The summed E-state index contributed by atoms with van der Waals surface area (Å²) in [6, 6.07) is 121. The quantitative estimate of drug-likeness (QED) is 0.0845. The van der Waals surface area contributed by atoms with Crippen LogP contribution in [0.15, 0.2) is 352 Å². The highest BCUT2D eigenvalue weighted by Gasteiger charge is 2.48.